The molecule has 0 saturated carbocycles. The van der Waals surface area contributed by atoms with Crippen molar-refractivity contribution < 1.29 is 13.2 Å². The monoisotopic (exact) mass is 474 g/mol. The topological polar surface area (TPSA) is 113 Å². The van der Waals surface area contributed by atoms with Crippen molar-refractivity contribution in [1.82, 2.24) is 20.2 Å². The minimum absolute atomic E-state index is 0.280. The Hall–Kier alpha value is -2.79. The first-order valence-electron chi connectivity index (χ1n) is 10.3. The van der Waals surface area contributed by atoms with Gasteiger partial charge in [-0.15, -0.1) is 0 Å². The summed E-state index contributed by atoms with van der Waals surface area (Å²) in [6.45, 7) is 3.74. The SMILES string of the molecule is COc1c(Nc2cc(C)[nH]n2)nc(Sc2ccc(S(C)(=O)=O)cc2)nc1N1CCCCC1. The van der Waals surface area contributed by atoms with Crippen molar-refractivity contribution in [1.29, 1.82) is 0 Å². The first kappa shape index (κ1) is 22.4. The van der Waals surface area contributed by atoms with Gasteiger partial charge in [0.25, 0.3) is 0 Å². The molecule has 2 aromatic heterocycles. The summed E-state index contributed by atoms with van der Waals surface area (Å²) in [4.78, 5) is 12.8. The number of rotatable bonds is 7. The van der Waals surface area contributed by atoms with Crippen molar-refractivity contribution >= 4 is 39.1 Å². The molecular formula is C21H26N6O3S2. The zero-order valence-electron chi connectivity index (χ0n) is 18.3. The standard InChI is InChI=1S/C21H26N6O3S2/c1-14-13-17(26-25-14)22-19-18(30-2)20(27-11-5-4-6-12-27)24-21(23-19)31-15-7-9-16(10-8-15)32(3,28)29/h7-10,13H,4-6,11-12H2,1-3H3,(H2,22,23,24,25,26). The van der Waals surface area contributed by atoms with Crippen LogP contribution in [-0.2, 0) is 9.84 Å². The van der Waals surface area contributed by atoms with Gasteiger partial charge in [-0.05, 0) is 62.2 Å². The second-order valence-electron chi connectivity index (χ2n) is 7.67. The van der Waals surface area contributed by atoms with Crippen LogP contribution in [0.25, 0.3) is 0 Å². The maximum atomic E-state index is 11.7. The van der Waals surface area contributed by atoms with Crippen LogP contribution in [0.4, 0.5) is 17.5 Å². The van der Waals surface area contributed by atoms with Crippen LogP contribution in [-0.4, -0.2) is 55.0 Å². The molecule has 0 atom stereocenters. The summed E-state index contributed by atoms with van der Waals surface area (Å²) in [7, 11) is -1.63. The Kier molecular flexibility index (Phi) is 6.56. The van der Waals surface area contributed by atoms with Crippen LogP contribution in [0.5, 0.6) is 5.75 Å². The zero-order valence-corrected chi connectivity index (χ0v) is 19.9. The smallest absolute Gasteiger partial charge is 0.204 e. The van der Waals surface area contributed by atoms with Crippen molar-refractivity contribution in [2.45, 2.75) is 41.1 Å². The highest BCUT2D eigenvalue weighted by molar-refractivity contribution is 7.99. The number of H-pyrrole nitrogens is 1. The van der Waals surface area contributed by atoms with Crippen LogP contribution in [0.1, 0.15) is 25.0 Å². The number of benzene rings is 1. The number of anilines is 3. The maximum absolute atomic E-state index is 11.7. The highest BCUT2D eigenvalue weighted by atomic mass is 32.2. The number of methoxy groups -OCH3 is 1. The average molecular weight is 475 g/mol. The molecule has 0 aliphatic carbocycles. The Morgan fingerprint density at radius 1 is 1.12 bits per heavy atom. The van der Waals surface area contributed by atoms with Crippen molar-refractivity contribution in [3.05, 3.63) is 36.0 Å². The molecule has 1 aliphatic rings. The average Bonchev–Trinajstić information content (AvgIpc) is 3.18. The molecule has 11 heteroatoms. The maximum Gasteiger partial charge on any atom is 0.204 e. The number of hydrogen-bond donors (Lipinski definition) is 2. The Morgan fingerprint density at radius 3 is 2.44 bits per heavy atom. The van der Waals surface area contributed by atoms with E-state index in [1.807, 2.05) is 13.0 Å². The van der Waals surface area contributed by atoms with E-state index in [-0.39, 0.29) is 4.90 Å². The van der Waals surface area contributed by atoms with Gasteiger partial charge in [-0.2, -0.15) is 5.10 Å². The van der Waals surface area contributed by atoms with E-state index in [1.165, 1.54) is 24.4 Å². The van der Waals surface area contributed by atoms with Gasteiger partial charge in [0.05, 0.1) is 12.0 Å². The summed E-state index contributed by atoms with van der Waals surface area (Å²) in [6, 6.07) is 8.61. The van der Waals surface area contributed by atoms with E-state index in [0.29, 0.717) is 22.5 Å². The van der Waals surface area contributed by atoms with Gasteiger partial charge in [-0.25, -0.2) is 18.4 Å². The molecule has 1 fully saturated rings. The van der Waals surface area contributed by atoms with Gasteiger partial charge >= 0.3 is 0 Å². The van der Waals surface area contributed by atoms with E-state index in [4.69, 9.17) is 9.72 Å². The lowest BCUT2D eigenvalue weighted by atomic mass is 10.1. The molecule has 32 heavy (non-hydrogen) atoms. The van der Waals surface area contributed by atoms with Crippen LogP contribution in [0, 0.1) is 6.92 Å². The fraction of sp³-hybridized carbons (Fsp3) is 0.381. The fourth-order valence-electron chi connectivity index (χ4n) is 3.52. The van der Waals surface area contributed by atoms with Gasteiger partial charge in [0.1, 0.15) is 0 Å². The fourth-order valence-corrected chi connectivity index (χ4v) is 4.90. The van der Waals surface area contributed by atoms with E-state index in [2.05, 4.69) is 25.4 Å². The van der Waals surface area contributed by atoms with Gasteiger partial charge in [0.15, 0.2) is 32.4 Å². The van der Waals surface area contributed by atoms with E-state index >= 15 is 0 Å². The van der Waals surface area contributed by atoms with Crippen molar-refractivity contribution in [3.63, 3.8) is 0 Å². The summed E-state index contributed by atoms with van der Waals surface area (Å²) in [6.07, 6.45) is 4.60. The summed E-state index contributed by atoms with van der Waals surface area (Å²) >= 11 is 1.37. The molecular weight excluding hydrogens is 448 g/mol. The van der Waals surface area contributed by atoms with E-state index in [1.54, 1.807) is 31.4 Å². The van der Waals surface area contributed by atoms with Crippen molar-refractivity contribution in [2.75, 3.05) is 36.7 Å². The van der Waals surface area contributed by atoms with E-state index < -0.39 is 9.84 Å². The Labute approximate surface area is 191 Å². The molecule has 170 valence electrons. The van der Waals surface area contributed by atoms with Crippen LogP contribution in [0.2, 0.25) is 0 Å². The quantitative estimate of drug-likeness (QED) is 0.494. The number of nitrogens with one attached hydrogen (secondary N) is 2. The largest absolute Gasteiger partial charge is 0.490 e. The van der Waals surface area contributed by atoms with E-state index in [0.717, 1.165) is 42.3 Å². The number of aromatic nitrogens is 4. The lowest BCUT2D eigenvalue weighted by Crippen LogP contribution is -2.31. The number of nitrogens with zero attached hydrogens (tertiary/aromatic N) is 4. The lowest BCUT2D eigenvalue weighted by Gasteiger charge is -2.29. The Morgan fingerprint density at radius 2 is 1.84 bits per heavy atom. The Bertz CT molecular complexity index is 1190. The Balaban J connectivity index is 1.71. The first-order valence-corrected chi connectivity index (χ1v) is 13.0. The minimum atomic E-state index is -3.25. The molecule has 1 aliphatic heterocycles. The summed E-state index contributed by atoms with van der Waals surface area (Å²) in [5, 5.41) is 10.9. The third kappa shape index (κ3) is 5.16. The highest BCUT2D eigenvalue weighted by Gasteiger charge is 2.23. The number of ether oxygens (including phenoxy) is 1. The van der Waals surface area contributed by atoms with Gasteiger partial charge in [-0.3, -0.25) is 5.10 Å². The third-order valence-electron chi connectivity index (χ3n) is 5.10. The molecule has 1 aromatic carbocycles. The van der Waals surface area contributed by atoms with Gasteiger partial charge in [0.2, 0.25) is 5.75 Å². The van der Waals surface area contributed by atoms with Gasteiger partial charge in [0, 0.05) is 36.0 Å². The number of aromatic amines is 1. The molecule has 2 N–H and O–H groups in total. The van der Waals surface area contributed by atoms with Crippen LogP contribution >= 0.6 is 11.8 Å². The third-order valence-corrected chi connectivity index (χ3v) is 7.10. The zero-order chi connectivity index (χ0) is 22.7. The lowest BCUT2D eigenvalue weighted by molar-refractivity contribution is 0.409. The molecule has 3 aromatic rings. The highest BCUT2D eigenvalue weighted by Crippen LogP contribution is 2.38. The van der Waals surface area contributed by atoms with Crippen molar-refractivity contribution in [3.8, 4) is 5.75 Å². The van der Waals surface area contributed by atoms with Gasteiger partial charge in [-0.1, -0.05) is 0 Å². The van der Waals surface area contributed by atoms with Crippen molar-refractivity contribution in [2.24, 2.45) is 0 Å². The van der Waals surface area contributed by atoms with Crippen LogP contribution in [0.3, 0.4) is 0 Å². The number of hydrogen-bond acceptors (Lipinski definition) is 9. The molecule has 0 amide bonds. The summed E-state index contributed by atoms with van der Waals surface area (Å²) < 4.78 is 29.2. The first-order chi connectivity index (χ1) is 15.3. The molecule has 0 bridgehead atoms. The summed E-state index contributed by atoms with van der Waals surface area (Å²) in [5.74, 6) is 2.49. The molecule has 4 rings (SSSR count). The van der Waals surface area contributed by atoms with E-state index in [9.17, 15) is 8.42 Å². The van der Waals surface area contributed by atoms with Crippen LogP contribution < -0.4 is 15.0 Å². The van der Waals surface area contributed by atoms with Crippen LogP contribution in [0.15, 0.2) is 45.3 Å². The number of sulfone groups is 1. The summed E-state index contributed by atoms with van der Waals surface area (Å²) in [5.41, 5.74) is 0.928. The normalized spacial score (nSPS) is 14.4. The molecule has 3 heterocycles. The molecule has 0 unspecified atom stereocenters. The second-order valence-corrected chi connectivity index (χ2v) is 10.7. The molecule has 0 spiro atoms. The number of aryl methyl sites for hydroxylation is 1. The number of piperidine rings is 1. The molecule has 0 radical (unpaired) electrons. The minimum Gasteiger partial charge on any atom is -0.490 e. The molecule has 9 nitrogen and oxygen atoms in total. The molecule has 1 saturated heterocycles. The predicted molar refractivity (Wildman–Crippen MR) is 125 cm³/mol. The second kappa shape index (κ2) is 9.37. The van der Waals surface area contributed by atoms with Gasteiger partial charge < -0.3 is 15.0 Å². The predicted octanol–water partition coefficient (Wildman–Crippen LogP) is 3.81.